The lowest BCUT2D eigenvalue weighted by Gasteiger charge is -2.24. The first-order valence-electron chi connectivity index (χ1n) is 8.70. The lowest BCUT2D eigenvalue weighted by atomic mass is 9.96. The monoisotopic (exact) mass is 329 g/mol. The molecule has 0 bridgehead atoms. The molecule has 4 rings (SSSR count). The van der Waals surface area contributed by atoms with Crippen molar-refractivity contribution in [3.05, 3.63) is 24.5 Å². The van der Waals surface area contributed by atoms with Crippen molar-refractivity contribution in [2.24, 2.45) is 5.92 Å². The van der Waals surface area contributed by atoms with Crippen LogP contribution in [0.2, 0.25) is 0 Å². The number of nitrogens with one attached hydrogen (secondary N) is 1. The van der Waals surface area contributed by atoms with Gasteiger partial charge >= 0.3 is 0 Å². The second-order valence-electron chi connectivity index (χ2n) is 6.68. The molecule has 2 fully saturated rings. The van der Waals surface area contributed by atoms with E-state index in [2.05, 4.69) is 15.4 Å². The van der Waals surface area contributed by atoms with Crippen LogP contribution in [-0.2, 0) is 9.53 Å². The Morgan fingerprint density at radius 1 is 1.29 bits per heavy atom. The van der Waals surface area contributed by atoms with Gasteiger partial charge in [0.2, 0.25) is 5.91 Å². The lowest BCUT2D eigenvalue weighted by molar-refractivity contribution is -0.131. The average molecular weight is 329 g/mol. The van der Waals surface area contributed by atoms with E-state index in [0.717, 1.165) is 57.0 Å². The topological polar surface area (TPSA) is 71.8 Å². The largest absolute Gasteiger partial charge is 0.381 e. The van der Waals surface area contributed by atoms with Gasteiger partial charge in [0, 0.05) is 51.2 Å². The van der Waals surface area contributed by atoms with E-state index in [1.807, 2.05) is 23.2 Å². The Kier molecular flexibility index (Phi) is 4.34. The zero-order valence-electron chi connectivity index (χ0n) is 13.7. The van der Waals surface area contributed by atoms with E-state index in [-0.39, 0.29) is 11.9 Å². The number of rotatable bonds is 4. The number of amides is 1. The lowest BCUT2D eigenvalue weighted by Crippen LogP contribution is -2.33. The highest BCUT2D eigenvalue weighted by atomic mass is 16.5. The number of hydrogen-bond donors (Lipinski definition) is 1. The molecule has 1 atom stereocenters. The van der Waals surface area contributed by atoms with Crippen molar-refractivity contribution in [1.82, 2.24) is 19.5 Å². The predicted molar refractivity (Wildman–Crippen MR) is 89.8 cm³/mol. The Morgan fingerprint density at radius 3 is 3.04 bits per heavy atom. The summed E-state index contributed by atoms with van der Waals surface area (Å²) in [5.74, 6) is 1.59. The van der Waals surface area contributed by atoms with Gasteiger partial charge in [-0.05, 0) is 37.3 Å². The van der Waals surface area contributed by atoms with Gasteiger partial charge in [-0.1, -0.05) is 0 Å². The van der Waals surface area contributed by atoms with Gasteiger partial charge < -0.3 is 15.0 Å². The Balaban J connectivity index is 1.31. The Bertz CT molecular complexity index is 710. The van der Waals surface area contributed by atoms with Crippen LogP contribution >= 0.6 is 0 Å². The third kappa shape index (κ3) is 3.36. The molecule has 24 heavy (non-hydrogen) atoms. The number of hydrogen-bond acceptors (Lipinski definition) is 5. The maximum atomic E-state index is 12.5. The molecule has 2 saturated heterocycles. The molecule has 0 saturated carbocycles. The number of aromatic nitrogens is 3. The van der Waals surface area contributed by atoms with Crippen molar-refractivity contribution < 1.29 is 9.53 Å². The van der Waals surface area contributed by atoms with Crippen molar-refractivity contribution in [1.29, 1.82) is 0 Å². The second kappa shape index (κ2) is 6.76. The van der Waals surface area contributed by atoms with Gasteiger partial charge in [0.25, 0.3) is 0 Å². The molecule has 7 heteroatoms. The summed E-state index contributed by atoms with van der Waals surface area (Å²) >= 11 is 0. The molecular weight excluding hydrogens is 306 g/mol. The normalized spacial score (nSPS) is 22.2. The molecule has 0 aliphatic carbocycles. The van der Waals surface area contributed by atoms with Crippen LogP contribution in [0.4, 0.5) is 5.82 Å². The second-order valence-corrected chi connectivity index (χ2v) is 6.68. The molecule has 0 spiro atoms. The first-order valence-corrected chi connectivity index (χ1v) is 8.70. The summed E-state index contributed by atoms with van der Waals surface area (Å²) in [6.07, 6.45) is 7.21. The number of carbonyl (C=O) groups is 1. The van der Waals surface area contributed by atoms with Crippen molar-refractivity contribution in [3.8, 4) is 0 Å². The number of likely N-dealkylation sites (tertiary alicyclic amines) is 1. The molecule has 2 aliphatic rings. The van der Waals surface area contributed by atoms with Crippen LogP contribution < -0.4 is 5.32 Å². The summed E-state index contributed by atoms with van der Waals surface area (Å²) in [7, 11) is 0. The zero-order chi connectivity index (χ0) is 16.4. The first kappa shape index (κ1) is 15.4. The summed E-state index contributed by atoms with van der Waals surface area (Å²) < 4.78 is 7.12. The molecular formula is C17H23N5O2. The number of fused-ring (bicyclic) bond motifs is 1. The zero-order valence-corrected chi connectivity index (χ0v) is 13.7. The molecule has 0 radical (unpaired) electrons. The number of nitrogens with zero attached hydrogens (tertiary/aromatic N) is 4. The van der Waals surface area contributed by atoms with Gasteiger partial charge in [0.15, 0.2) is 5.65 Å². The first-order chi connectivity index (χ1) is 11.8. The minimum Gasteiger partial charge on any atom is -0.381 e. The summed E-state index contributed by atoms with van der Waals surface area (Å²) in [5.41, 5.74) is 0.834. The van der Waals surface area contributed by atoms with E-state index in [0.29, 0.717) is 12.3 Å². The number of anilines is 1. The van der Waals surface area contributed by atoms with Crippen LogP contribution in [-0.4, -0.2) is 57.8 Å². The van der Waals surface area contributed by atoms with Crippen LogP contribution in [0.1, 0.15) is 25.7 Å². The van der Waals surface area contributed by atoms with E-state index < -0.39 is 0 Å². The minimum atomic E-state index is 0.261. The molecule has 1 amide bonds. The van der Waals surface area contributed by atoms with Gasteiger partial charge in [0.05, 0.1) is 0 Å². The molecule has 2 aliphatic heterocycles. The fourth-order valence-electron chi connectivity index (χ4n) is 3.53. The van der Waals surface area contributed by atoms with Crippen molar-refractivity contribution in [2.45, 2.75) is 31.7 Å². The van der Waals surface area contributed by atoms with E-state index in [1.54, 1.807) is 10.7 Å². The van der Waals surface area contributed by atoms with Crippen molar-refractivity contribution in [3.63, 3.8) is 0 Å². The third-order valence-corrected chi connectivity index (χ3v) is 4.95. The van der Waals surface area contributed by atoms with Gasteiger partial charge in [-0.15, -0.1) is 5.10 Å². The van der Waals surface area contributed by atoms with Crippen LogP contribution in [0.3, 0.4) is 0 Å². The molecule has 4 heterocycles. The Morgan fingerprint density at radius 2 is 2.17 bits per heavy atom. The fourth-order valence-corrected chi connectivity index (χ4v) is 3.53. The maximum absolute atomic E-state index is 12.5. The van der Waals surface area contributed by atoms with E-state index in [1.165, 1.54) is 0 Å². The highest BCUT2D eigenvalue weighted by Gasteiger charge is 2.28. The minimum absolute atomic E-state index is 0.261. The predicted octanol–water partition coefficient (Wildman–Crippen LogP) is 1.56. The maximum Gasteiger partial charge on any atom is 0.222 e. The summed E-state index contributed by atoms with van der Waals surface area (Å²) in [6, 6.07) is 4.14. The van der Waals surface area contributed by atoms with Gasteiger partial charge in [-0.25, -0.2) is 9.50 Å². The van der Waals surface area contributed by atoms with Crippen molar-refractivity contribution in [2.75, 3.05) is 31.6 Å². The number of ether oxygens (including phenoxy) is 1. The summed E-state index contributed by atoms with van der Waals surface area (Å²) in [6.45, 7) is 3.17. The molecule has 1 unspecified atom stereocenters. The standard InChI is InChI=1S/C17H23N5O2/c23-17(11-13-4-9-24-10-5-13)21-7-3-14(12-21)19-15-1-2-16-18-6-8-22(16)20-15/h1-2,6,8,13-14H,3-5,7,9-12H2,(H,19,20). The summed E-state index contributed by atoms with van der Waals surface area (Å²) in [4.78, 5) is 18.7. The van der Waals surface area contributed by atoms with Gasteiger partial charge in [-0.2, -0.15) is 0 Å². The van der Waals surface area contributed by atoms with Gasteiger partial charge in [0.1, 0.15) is 5.82 Å². The Hall–Kier alpha value is -2.15. The van der Waals surface area contributed by atoms with Gasteiger partial charge in [-0.3, -0.25) is 4.79 Å². The van der Waals surface area contributed by atoms with Crippen LogP contribution in [0, 0.1) is 5.92 Å². The highest BCUT2D eigenvalue weighted by Crippen LogP contribution is 2.22. The molecule has 1 N–H and O–H groups in total. The van der Waals surface area contributed by atoms with Crippen molar-refractivity contribution >= 4 is 17.4 Å². The van der Waals surface area contributed by atoms with E-state index in [4.69, 9.17) is 4.74 Å². The smallest absolute Gasteiger partial charge is 0.222 e. The van der Waals surface area contributed by atoms with E-state index >= 15 is 0 Å². The third-order valence-electron chi connectivity index (χ3n) is 4.95. The van der Waals surface area contributed by atoms with Crippen LogP contribution in [0.5, 0.6) is 0 Å². The van der Waals surface area contributed by atoms with Crippen LogP contribution in [0.15, 0.2) is 24.5 Å². The SMILES string of the molecule is O=C(CC1CCOCC1)N1CCC(Nc2ccc3nccn3n2)C1. The molecule has 128 valence electrons. The molecule has 2 aromatic rings. The number of carbonyl (C=O) groups excluding carboxylic acids is 1. The molecule has 0 aromatic carbocycles. The fraction of sp³-hybridized carbons (Fsp3) is 0.588. The quantitative estimate of drug-likeness (QED) is 0.922. The highest BCUT2D eigenvalue weighted by molar-refractivity contribution is 5.77. The Labute approximate surface area is 141 Å². The summed E-state index contributed by atoms with van der Waals surface area (Å²) in [5, 5.41) is 7.93. The molecule has 7 nitrogen and oxygen atoms in total. The van der Waals surface area contributed by atoms with Crippen LogP contribution in [0.25, 0.3) is 5.65 Å². The van der Waals surface area contributed by atoms with E-state index in [9.17, 15) is 4.79 Å². The molecule has 2 aromatic heterocycles. The number of imidazole rings is 1. The average Bonchev–Trinajstić information content (AvgIpc) is 3.24.